The number of benzene rings is 2. The van der Waals surface area contributed by atoms with Crippen molar-refractivity contribution in [2.75, 3.05) is 7.11 Å². The van der Waals surface area contributed by atoms with Crippen LogP contribution in [0.25, 0.3) is 0 Å². The quantitative estimate of drug-likeness (QED) is 0.442. The van der Waals surface area contributed by atoms with Crippen LogP contribution in [0.1, 0.15) is 41.6 Å². The van der Waals surface area contributed by atoms with E-state index in [1.807, 2.05) is 19.1 Å². The van der Waals surface area contributed by atoms with Crippen LogP contribution < -0.4 is 14.8 Å². The molecule has 184 valence electrons. The zero-order chi connectivity index (χ0) is 25.5. The predicted octanol–water partition coefficient (Wildman–Crippen LogP) is 4.11. The Kier molecular flexibility index (Phi) is 8.25. The summed E-state index contributed by atoms with van der Waals surface area (Å²) in [6.07, 6.45) is -0.236. The molecule has 0 aliphatic heterocycles. The number of amides is 1. The maximum absolute atomic E-state index is 13.5. The van der Waals surface area contributed by atoms with Gasteiger partial charge in [0.25, 0.3) is 5.91 Å². The minimum absolute atomic E-state index is 0.0735. The number of rotatable bonds is 9. The van der Waals surface area contributed by atoms with Crippen LogP contribution in [0.2, 0.25) is 0 Å². The second-order valence-corrected chi connectivity index (χ2v) is 7.95. The van der Waals surface area contributed by atoms with Gasteiger partial charge in [-0.1, -0.05) is 29.8 Å². The summed E-state index contributed by atoms with van der Waals surface area (Å²) in [6.45, 7) is 5.03. The summed E-state index contributed by atoms with van der Waals surface area (Å²) in [5.41, 5.74) is 1.37. The fourth-order valence-electron chi connectivity index (χ4n) is 3.29. The van der Waals surface area contributed by atoms with Crippen LogP contribution >= 0.6 is 0 Å². The number of nitrogens with one attached hydrogen (secondary N) is 1. The van der Waals surface area contributed by atoms with Crippen molar-refractivity contribution in [1.29, 1.82) is 0 Å². The SMILES string of the molecule is COc1ccnc(C(=O)N[C@@H](C)C(=O)O[C@@H](C)[C@H](Oc2ccc(C)cc2)c2ccc(F)cc2)c1O. The first kappa shape index (κ1) is 25.5. The van der Waals surface area contributed by atoms with Crippen molar-refractivity contribution in [3.8, 4) is 17.2 Å². The number of aromatic nitrogens is 1. The monoisotopic (exact) mass is 482 g/mol. The van der Waals surface area contributed by atoms with E-state index in [9.17, 15) is 19.1 Å². The average molecular weight is 483 g/mol. The van der Waals surface area contributed by atoms with E-state index in [0.717, 1.165) is 5.56 Å². The normalized spacial score (nSPS) is 13.3. The summed E-state index contributed by atoms with van der Waals surface area (Å²) in [7, 11) is 1.34. The highest BCUT2D eigenvalue weighted by Crippen LogP contribution is 2.29. The molecule has 8 nitrogen and oxygen atoms in total. The molecule has 1 amide bonds. The highest BCUT2D eigenvalue weighted by molar-refractivity contribution is 5.97. The van der Waals surface area contributed by atoms with Gasteiger partial charge in [0, 0.05) is 12.3 Å². The Bertz CT molecular complexity index is 1170. The van der Waals surface area contributed by atoms with Crippen molar-refractivity contribution in [3.63, 3.8) is 0 Å². The third-order valence-corrected chi connectivity index (χ3v) is 5.23. The maximum Gasteiger partial charge on any atom is 0.328 e. The van der Waals surface area contributed by atoms with E-state index in [1.54, 1.807) is 31.2 Å². The van der Waals surface area contributed by atoms with Gasteiger partial charge < -0.3 is 24.6 Å². The van der Waals surface area contributed by atoms with Crippen LogP contribution in [0.5, 0.6) is 17.2 Å². The number of carbonyl (C=O) groups is 2. The predicted molar refractivity (Wildman–Crippen MR) is 126 cm³/mol. The largest absolute Gasteiger partial charge is 0.503 e. The number of esters is 1. The third kappa shape index (κ3) is 6.47. The van der Waals surface area contributed by atoms with Crippen molar-refractivity contribution in [2.45, 2.75) is 39.0 Å². The van der Waals surface area contributed by atoms with Gasteiger partial charge >= 0.3 is 5.97 Å². The van der Waals surface area contributed by atoms with Crippen LogP contribution in [0, 0.1) is 12.7 Å². The second kappa shape index (κ2) is 11.3. The Morgan fingerprint density at radius 1 is 1.03 bits per heavy atom. The molecule has 3 aromatic rings. The van der Waals surface area contributed by atoms with Gasteiger partial charge in [-0.25, -0.2) is 14.2 Å². The summed E-state index contributed by atoms with van der Waals surface area (Å²) >= 11 is 0. The fourth-order valence-corrected chi connectivity index (χ4v) is 3.29. The molecule has 0 spiro atoms. The zero-order valence-electron chi connectivity index (χ0n) is 19.8. The molecule has 0 radical (unpaired) electrons. The number of hydrogen-bond donors (Lipinski definition) is 2. The van der Waals surface area contributed by atoms with Gasteiger partial charge in [-0.15, -0.1) is 0 Å². The molecule has 35 heavy (non-hydrogen) atoms. The Hall–Kier alpha value is -4.14. The number of halogens is 1. The Morgan fingerprint density at radius 3 is 2.31 bits per heavy atom. The number of pyridine rings is 1. The number of nitrogens with zero attached hydrogens (tertiary/aromatic N) is 1. The molecular formula is C26H27FN2O6. The Labute approximate surface area is 202 Å². The number of aromatic hydroxyl groups is 1. The molecule has 0 saturated carbocycles. The van der Waals surface area contributed by atoms with E-state index >= 15 is 0 Å². The third-order valence-electron chi connectivity index (χ3n) is 5.23. The molecule has 9 heteroatoms. The van der Waals surface area contributed by atoms with Crippen LogP contribution in [0.4, 0.5) is 4.39 Å². The van der Waals surface area contributed by atoms with Gasteiger partial charge in [0.1, 0.15) is 23.7 Å². The van der Waals surface area contributed by atoms with Gasteiger partial charge in [-0.3, -0.25) is 4.79 Å². The molecule has 0 saturated heterocycles. The van der Waals surface area contributed by atoms with Crippen molar-refractivity contribution in [1.82, 2.24) is 10.3 Å². The van der Waals surface area contributed by atoms with Crippen molar-refractivity contribution < 1.29 is 33.3 Å². The lowest BCUT2D eigenvalue weighted by molar-refractivity contribution is -0.154. The molecule has 1 heterocycles. The first-order valence-electron chi connectivity index (χ1n) is 10.9. The summed E-state index contributed by atoms with van der Waals surface area (Å²) in [5, 5.41) is 12.6. The molecule has 0 fully saturated rings. The minimum Gasteiger partial charge on any atom is -0.503 e. The fraction of sp³-hybridized carbons (Fsp3) is 0.269. The first-order chi connectivity index (χ1) is 16.7. The van der Waals surface area contributed by atoms with Gasteiger partial charge in [0.15, 0.2) is 23.3 Å². The van der Waals surface area contributed by atoms with E-state index in [4.69, 9.17) is 14.2 Å². The number of aryl methyl sites for hydroxylation is 1. The molecule has 0 bridgehead atoms. The van der Waals surface area contributed by atoms with Gasteiger partial charge in [-0.05, 0) is 50.6 Å². The van der Waals surface area contributed by atoms with Crippen LogP contribution in [0.15, 0.2) is 60.8 Å². The maximum atomic E-state index is 13.5. The van der Waals surface area contributed by atoms with E-state index in [0.29, 0.717) is 11.3 Å². The Morgan fingerprint density at radius 2 is 1.69 bits per heavy atom. The average Bonchev–Trinajstić information content (AvgIpc) is 2.84. The summed E-state index contributed by atoms with van der Waals surface area (Å²) < 4.78 is 30.1. The molecule has 3 rings (SSSR count). The molecule has 2 N–H and O–H groups in total. The molecule has 3 atom stereocenters. The minimum atomic E-state index is -1.06. The van der Waals surface area contributed by atoms with Crippen molar-refractivity contribution in [2.24, 2.45) is 0 Å². The second-order valence-electron chi connectivity index (χ2n) is 7.95. The van der Waals surface area contributed by atoms with Crippen LogP contribution in [0.3, 0.4) is 0 Å². The molecule has 2 aromatic carbocycles. The summed E-state index contributed by atoms with van der Waals surface area (Å²) in [6, 6.07) is 13.4. The van der Waals surface area contributed by atoms with E-state index in [-0.39, 0.29) is 11.4 Å². The summed E-state index contributed by atoms with van der Waals surface area (Å²) in [5.74, 6) is -1.72. The van der Waals surface area contributed by atoms with E-state index in [2.05, 4.69) is 10.3 Å². The smallest absolute Gasteiger partial charge is 0.328 e. The van der Waals surface area contributed by atoms with Crippen LogP contribution in [-0.4, -0.2) is 41.2 Å². The Balaban J connectivity index is 1.72. The highest BCUT2D eigenvalue weighted by atomic mass is 19.1. The number of hydrogen-bond acceptors (Lipinski definition) is 7. The van der Waals surface area contributed by atoms with E-state index in [1.165, 1.54) is 38.4 Å². The molecule has 0 aliphatic carbocycles. The topological polar surface area (TPSA) is 107 Å². The number of ether oxygens (including phenoxy) is 3. The van der Waals surface area contributed by atoms with Crippen molar-refractivity contribution in [3.05, 3.63) is 83.4 Å². The molecular weight excluding hydrogens is 455 g/mol. The first-order valence-corrected chi connectivity index (χ1v) is 10.9. The van der Waals surface area contributed by atoms with Gasteiger partial charge in [0.2, 0.25) is 0 Å². The van der Waals surface area contributed by atoms with Crippen LogP contribution in [-0.2, 0) is 9.53 Å². The lowest BCUT2D eigenvalue weighted by Crippen LogP contribution is -2.42. The molecule has 0 aliphatic rings. The lowest BCUT2D eigenvalue weighted by atomic mass is 10.0. The standard InChI is InChI=1S/C26H27FN2O6/c1-15-5-11-20(12-6-15)35-24(18-7-9-19(27)10-8-18)17(3)34-26(32)16(2)29-25(31)22-23(30)21(33-4)13-14-28-22/h5-14,16-17,24,30H,1-4H3,(H,29,31)/t16-,17-,24-/m0/s1. The molecule has 0 unspecified atom stereocenters. The highest BCUT2D eigenvalue weighted by Gasteiger charge is 2.29. The lowest BCUT2D eigenvalue weighted by Gasteiger charge is -2.27. The van der Waals surface area contributed by atoms with Crippen molar-refractivity contribution >= 4 is 11.9 Å². The summed E-state index contributed by atoms with van der Waals surface area (Å²) in [4.78, 5) is 29.1. The van der Waals surface area contributed by atoms with Gasteiger partial charge in [-0.2, -0.15) is 0 Å². The number of carbonyl (C=O) groups excluding carboxylic acids is 2. The van der Waals surface area contributed by atoms with E-state index < -0.39 is 41.7 Å². The zero-order valence-corrected chi connectivity index (χ0v) is 19.8. The van der Waals surface area contributed by atoms with Gasteiger partial charge in [0.05, 0.1) is 7.11 Å². The molecule has 1 aromatic heterocycles. The number of methoxy groups -OCH3 is 1.